The van der Waals surface area contributed by atoms with Crippen molar-refractivity contribution in [1.29, 1.82) is 0 Å². The summed E-state index contributed by atoms with van der Waals surface area (Å²) in [4.78, 5) is 31.4. The molecular weight excluding hydrogens is 386 g/mol. The third-order valence-corrected chi connectivity index (χ3v) is 5.92. The van der Waals surface area contributed by atoms with E-state index in [0.29, 0.717) is 29.6 Å². The molecule has 0 bridgehead atoms. The summed E-state index contributed by atoms with van der Waals surface area (Å²) < 4.78 is 5.91. The first-order valence-corrected chi connectivity index (χ1v) is 9.82. The maximum Gasteiger partial charge on any atom is 0.298 e. The lowest BCUT2D eigenvalue weighted by molar-refractivity contribution is -0.384. The standard InChI is InChI=1S/C20H21N7O3/c1-12-6-8-26(20-24-15-9-13(27(28)29)3-4-17(15)30-20)10-16(12)25(2)19-14-5-7-21-18(14)22-11-23-19/h3-5,7,9,11-12,16H,6,8,10H2,1-2H3,(H,21,22,23). The molecule has 0 amide bonds. The van der Waals surface area contributed by atoms with Crippen LogP contribution in [-0.4, -0.2) is 51.0 Å². The van der Waals surface area contributed by atoms with Crippen molar-refractivity contribution < 1.29 is 9.34 Å². The van der Waals surface area contributed by atoms with Gasteiger partial charge < -0.3 is 19.2 Å². The zero-order valence-corrected chi connectivity index (χ0v) is 16.6. The van der Waals surface area contributed by atoms with Gasteiger partial charge in [0.1, 0.15) is 23.3 Å². The minimum Gasteiger partial charge on any atom is -0.423 e. The maximum atomic E-state index is 11.0. The Hall–Kier alpha value is -3.69. The Kier molecular flexibility index (Phi) is 4.27. The molecule has 1 aliphatic heterocycles. The van der Waals surface area contributed by atoms with Crippen LogP contribution in [0.4, 0.5) is 17.5 Å². The summed E-state index contributed by atoms with van der Waals surface area (Å²) >= 11 is 0. The van der Waals surface area contributed by atoms with Gasteiger partial charge in [0.15, 0.2) is 5.58 Å². The van der Waals surface area contributed by atoms with Crippen molar-refractivity contribution in [3.63, 3.8) is 0 Å². The number of hydrogen-bond acceptors (Lipinski definition) is 8. The van der Waals surface area contributed by atoms with E-state index in [1.165, 1.54) is 12.1 Å². The van der Waals surface area contributed by atoms with Gasteiger partial charge >= 0.3 is 0 Å². The number of hydrogen-bond donors (Lipinski definition) is 1. The lowest BCUT2D eigenvalue weighted by Crippen LogP contribution is -2.51. The van der Waals surface area contributed by atoms with E-state index >= 15 is 0 Å². The lowest BCUT2D eigenvalue weighted by atomic mass is 9.92. The Morgan fingerprint density at radius 3 is 3.03 bits per heavy atom. The normalized spacial score (nSPS) is 19.5. The molecule has 5 rings (SSSR count). The van der Waals surface area contributed by atoms with E-state index in [9.17, 15) is 10.1 Å². The number of aromatic nitrogens is 4. The van der Waals surface area contributed by atoms with Crippen molar-refractivity contribution in [2.24, 2.45) is 5.92 Å². The molecule has 1 fully saturated rings. The van der Waals surface area contributed by atoms with Crippen molar-refractivity contribution in [2.45, 2.75) is 19.4 Å². The molecule has 1 saturated heterocycles. The summed E-state index contributed by atoms with van der Waals surface area (Å²) in [7, 11) is 2.05. The molecule has 154 valence electrons. The molecule has 10 heteroatoms. The third kappa shape index (κ3) is 3.00. The first-order valence-electron chi connectivity index (χ1n) is 9.82. The van der Waals surface area contributed by atoms with Crippen LogP contribution in [0.1, 0.15) is 13.3 Å². The van der Waals surface area contributed by atoms with Gasteiger partial charge in [-0.25, -0.2) is 9.97 Å². The van der Waals surface area contributed by atoms with E-state index in [1.54, 1.807) is 12.4 Å². The number of nitro groups is 1. The molecule has 4 heterocycles. The van der Waals surface area contributed by atoms with Gasteiger partial charge in [-0.05, 0) is 24.5 Å². The summed E-state index contributed by atoms with van der Waals surface area (Å²) in [5, 5.41) is 12.0. The van der Waals surface area contributed by atoms with Gasteiger partial charge in [0.05, 0.1) is 16.4 Å². The second kappa shape index (κ2) is 6.97. The van der Waals surface area contributed by atoms with E-state index in [1.807, 2.05) is 12.3 Å². The molecule has 30 heavy (non-hydrogen) atoms. The second-order valence-electron chi connectivity index (χ2n) is 7.73. The van der Waals surface area contributed by atoms with Crippen LogP contribution in [-0.2, 0) is 0 Å². The van der Waals surface area contributed by atoms with E-state index < -0.39 is 4.92 Å². The van der Waals surface area contributed by atoms with Gasteiger partial charge in [-0.2, -0.15) is 4.98 Å². The SMILES string of the molecule is CC1CCN(c2nc3cc([N+](=O)[O-])ccc3o2)CC1N(C)c1ncnc2[nH]ccc12. The molecule has 0 aliphatic carbocycles. The quantitative estimate of drug-likeness (QED) is 0.404. The average molecular weight is 407 g/mol. The van der Waals surface area contributed by atoms with Crippen LogP contribution in [0, 0.1) is 16.0 Å². The van der Waals surface area contributed by atoms with E-state index in [-0.39, 0.29) is 11.7 Å². The zero-order chi connectivity index (χ0) is 20.8. The fraction of sp³-hybridized carbons (Fsp3) is 0.350. The summed E-state index contributed by atoms with van der Waals surface area (Å²) in [5.74, 6) is 1.33. The van der Waals surface area contributed by atoms with Crippen LogP contribution in [0.2, 0.25) is 0 Å². The number of rotatable bonds is 4. The van der Waals surface area contributed by atoms with Crippen molar-refractivity contribution in [1.82, 2.24) is 19.9 Å². The van der Waals surface area contributed by atoms with Crippen molar-refractivity contribution in [3.05, 3.63) is 46.9 Å². The molecule has 3 aromatic heterocycles. The number of benzene rings is 1. The highest BCUT2D eigenvalue weighted by atomic mass is 16.6. The number of nitrogens with one attached hydrogen (secondary N) is 1. The minimum atomic E-state index is -0.426. The molecule has 1 aromatic carbocycles. The van der Waals surface area contributed by atoms with Gasteiger partial charge in [-0.1, -0.05) is 6.92 Å². The number of oxazole rings is 1. The molecule has 0 spiro atoms. The highest BCUT2D eigenvalue weighted by molar-refractivity contribution is 5.87. The number of nitrogens with zero attached hydrogens (tertiary/aromatic N) is 6. The Balaban J connectivity index is 1.44. The van der Waals surface area contributed by atoms with Gasteiger partial charge in [0, 0.05) is 38.5 Å². The molecule has 1 N–H and O–H groups in total. The van der Waals surface area contributed by atoms with E-state index in [2.05, 4.69) is 43.7 Å². The largest absolute Gasteiger partial charge is 0.423 e. The van der Waals surface area contributed by atoms with Gasteiger partial charge in [0.25, 0.3) is 11.7 Å². The number of nitro benzene ring substituents is 1. The van der Waals surface area contributed by atoms with E-state index in [0.717, 1.165) is 29.8 Å². The number of aromatic amines is 1. The molecule has 0 radical (unpaired) electrons. The van der Waals surface area contributed by atoms with Crippen LogP contribution in [0.25, 0.3) is 22.1 Å². The van der Waals surface area contributed by atoms with Crippen LogP contribution < -0.4 is 9.80 Å². The molecular formula is C20H21N7O3. The Morgan fingerprint density at radius 2 is 2.20 bits per heavy atom. The fourth-order valence-electron chi connectivity index (χ4n) is 4.18. The smallest absolute Gasteiger partial charge is 0.298 e. The Bertz CT molecular complexity index is 1230. The predicted molar refractivity (Wildman–Crippen MR) is 113 cm³/mol. The highest BCUT2D eigenvalue weighted by Crippen LogP contribution is 2.32. The first kappa shape index (κ1) is 18.3. The number of fused-ring (bicyclic) bond motifs is 2. The molecule has 0 saturated carbocycles. The van der Waals surface area contributed by atoms with Gasteiger partial charge in [-0.3, -0.25) is 10.1 Å². The first-order chi connectivity index (χ1) is 14.5. The molecule has 10 nitrogen and oxygen atoms in total. The number of likely N-dealkylation sites (N-methyl/N-ethyl adjacent to an activating group) is 1. The Labute approximate surface area is 171 Å². The molecule has 4 aromatic rings. The molecule has 2 unspecified atom stereocenters. The molecule has 2 atom stereocenters. The van der Waals surface area contributed by atoms with Crippen LogP contribution >= 0.6 is 0 Å². The zero-order valence-electron chi connectivity index (χ0n) is 16.6. The number of anilines is 2. The average Bonchev–Trinajstić information content (AvgIpc) is 3.39. The van der Waals surface area contributed by atoms with E-state index in [4.69, 9.17) is 4.42 Å². The predicted octanol–water partition coefficient (Wildman–Crippen LogP) is 3.36. The third-order valence-electron chi connectivity index (χ3n) is 5.92. The number of H-pyrrole nitrogens is 1. The summed E-state index contributed by atoms with van der Waals surface area (Å²) in [6.45, 7) is 3.76. The van der Waals surface area contributed by atoms with Crippen molar-refractivity contribution >= 4 is 39.7 Å². The number of non-ortho nitro benzene ring substituents is 1. The monoisotopic (exact) mass is 407 g/mol. The summed E-state index contributed by atoms with van der Waals surface area (Å²) in [6, 6.07) is 7.15. The number of piperidine rings is 1. The summed E-state index contributed by atoms with van der Waals surface area (Å²) in [6.07, 6.45) is 4.41. The maximum absolute atomic E-state index is 11.0. The van der Waals surface area contributed by atoms with Gasteiger partial charge in [-0.15, -0.1) is 0 Å². The van der Waals surface area contributed by atoms with Crippen molar-refractivity contribution in [3.8, 4) is 0 Å². The lowest BCUT2D eigenvalue weighted by Gasteiger charge is -2.41. The van der Waals surface area contributed by atoms with Crippen molar-refractivity contribution in [2.75, 3.05) is 29.9 Å². The van der Waals surface area contributed by atoms with Gasteiger partial charge in [0.2, 0.25) is 0 Å². The van der Waals surface area contributed by atoms with Crippen LogP contribution in [0.15, 0.2) is 41.2 Å². The Morgan fingerprint density at radius 1 is 1.33 bits per heavy atom. The summed E-state index contributed by atoms with van der Waals surface area (Å²) in [5.41, 5.74) is 1.86. The van der Waals surface area contributed by atoms with Crippen LogP contribution in [0.3, 0.4) is 0 Å². The van der Waals surface area contributed by atoms with Crippen LogP contribution in [0.5, 0.6) is 0 Å². The topological polar surface area (TPSA) is 117 Å². The highest BCUT2D eigenvalue weighted by Gasteiger charge is 2.32. The minimum absolute atomic E-state index is 0.00603. The fourth-order valence-corrected chi connectivity index (χ4v) is 4.18. The second-order valence-corrected chi connectivity index (χ2v) is 7.73. The molecule has 1 aliphatic rings.